The molecule has 2 aliphatic heterocycles. The minimum atomic E-state index is -4.77. The number of ether oxygens (including phenoxy) is 2. The van der Waals surface area contributed by atoms with Gasteiger partial charge in [-0.15, -0.1) is 4.31 Å². The van der Waals surface area contributed by atoms with E-state index in [1.165, 1.54) is 0 Å². The van der Waals surface area contributed by atoms with Crippen molar-refractivity contribution in [2.24, 2.45) is 5.92 Å². The van der Waals surface area contributed by atoms with Crippen LogP contribution in [0, 0.1) is 16.7 Å². The lowest BCUT2D eigenvalue weighted by Crippen LogP contribution is -2.39. The van der Waals surface area contributed by atoms with E-state index in [1.807, 2.05) is 0 Å². The van der Waals surface area contributed by atoms with E-state index in [1.54, 1.807) is 0 Å². The minimum absolute atomic E-state index is 0.0123. The Morgan fingerprint density at radius 2 is 1.74 bits per heavy atom. The summed E-state index contributed by atoms with van der Waals surface area (Å²) in [7, 11) is -4.77. The molecule has 2 amide bonds. The van der Waals surface area contributed by atoms with E-state index in [4.69, 9.17) is 10.8 Å². The Bertz CT molecular complexity index is 685. The normalized spacial score (nSPS) is 26.2. The fourth-order valence-electron chi connectivity index (χ4n) is 2.03. The first-order valence-corrected chi connectivity index (χ1v) is 7.88. The molecular weight excluding hydrogens is 334 g/mol. The van der Waals surface area contributed by atoms with Crippen molar-refractivity contribution in [3.63, 3.8) is 0 Å². The van der Waals surface area contributed by atoms with E-state index >= 15 is 0 Å². The van der Waals surface area contributed by atoms with Gasteiger partial charge in [0.25, 0.3) is 0 Å². The topological polar surface area (TPSA) is 164 Å². The number of cyclic esters (lactones) is 2. The van der Waals surface area contributed by atoms with Crippen LogP contribution in [-0.2, 0) is 33.6 Å². The molecule has 11 nitrogen and oxygen atoms in total. The third-order valence-corrected chi connectivity index (χ3v) is 4.34. The number of amides is 2. The quantitative estimate of drug-likeness (QED) is 0.453. The lowest BCUT2D eigenvalue weighted by molar-refractivity contribution is -0.133. The number of imide groups is 1. The maximum atomic E-state index is 12.0. The van der Waals surface area contributed by atoms with Crippen LogP contribution < -0.4 is 0 Å². The number of fused-ring (bicyclic) bond motifs is 2. The van der Waals surface area contributed by atoms with E-state index in [-0.39, 0.29) is 36.6 Å². The number of nitrogens with one attached hydrogen (secondary N) is 2. The zero-order chi connectivity index (χ0) is 17.2. The number of rotatable bonds is 0. The average molecular weight is 347 g/mol. The van der Waals surface area contributed by atoms with Crippen LogP contribution in [0.15, 0.2) is 0 Å². The highest BCUT2D eigenvalue weighted by Crippen LogP contribution is 2.26. The van der Waals surface area contributed by atoms with Crippen LogP contribution in [-0.4, -0.2) is 49.1 Å². The van der Waals surface area contributed by atoms with Gasteiger partial charge in [-0.1, -0.05) is 0 Å². The molecule has 2 rings (SSSR count). The third kappa shape index (κ3) is 3.83. The lowest BCUT2D eigenvalue weighted by atomic mass is 10.1. The van der Waals surface area contributed by atoms with Gasteiger partial charge >= 0.3 is 16.5 Å². The molecule has 0 spiro atoms. The second-order valence-electron chi connectivity index (χ2n) is 4.77. The van der Waals surface area contributed by atoms with Gasteiger partial charge in [-0.25, -0.2) is 4.79 Å². The zero-order valence-corrected chi connectivity index (χ0v) is 12.6. The molecule has 1 atom stereocenters. The number of hydrogen-bond donors (Lipinski definition) is 2. The monoisotopic (exact) mass is 347 g/mol. The molecule has 12 heteroatoms. The van der Waals surface area contributed by atoms with Crippen molar-refractivity contribution in [3.05, 3.63) is 0 Å². The molecule has 2 heterocycles. The van der Waals surface area contributed by atoms with Crippen LogP contribution in [0.2, 0.25) is 0 Å². The first-order valence-electron chi connectivity index (χ1n) is 6.51. The van der Waals surface area contributed by atoms with Crippen LogP contribution in [0.4, 0.5) is 4.79 Å². The predicted molar refractivity (Wildman–Crippen MR) is 71.7 cm³/mol. The van der Waals surface area contributed by atoms with Crippen LogP contribution in [0.3, 0.4) is 0 Å². The van der Waals surface area contributed by atoms with E-state index in [9.17, 15) is 22.8 Å². The van der Waals surface area contributed by atoms with Crippen molar-refractivity contribution < 1.29 is 36.5 Å². The summed E-state index contributed by atoms with van der Waals surface area (Å²) in [6.45, 7) is -0.277. The molecule has 2 fully saturated rings. The van der Waals surface area contributed by atoms with Crippen molar-refractivity contribution in [1.29, 1.82) is 10.8 Å². The number of nitrogens with zero attached hydrogens (tertiary/aromatic N) is 1. The Balaban J connectivity index is 2.24. The predicted octanol–water partition coefficient (Wildman–Crippen LogP) is -0.0855. The van der Waals surface area contributed by atoms with E-state index in [2.05, 4.69) is 13.7 Å². The highest BCUT2D eigenvalue weighted by Gasteiger charge is 2.47. The Kier molecular flexibility index (Phi) is 4.63. The van der Waals surface area contributed by atoms with E-state index in [0.717, 1.165) is 0 Å². The molecule has 2 N–H and O–H groups in total. The molecule has 0 aromatic carbocycles. The molecule has 126 valence electrons. The van der Waals surface area contributed by atoms with Gasteiger partial charge in [0.15, 0.2) is 5.90 Å². The van der Waals surface area contributed by atoms with E-state index in [0.29, 0.717) is 0 Å². The van der Waals surface area contributed by atoms with Gasteiger partial charge in [0.05, 0.1) is 12.5 Å². The maximum absolute atomic E-state index is 12.0. The largest absolute Gasteiger partial charge is 0.514 e. The maximum Gasteiger partial charge on any atom is 0.514 e. The van der Waals surface area contributed by atoms with Crippen molar-refractivity contribution in [2.45, 2.75) is 25.7 Å². The van der Waals surface area contributed by atoms with Crippen molar-refractivity contribution in [2.75, 3.05) is 6.61 Å². The summed E-state index contributed by atoms with van der Waals surface area (Å²) in [5.74, 6) is -4.28. The molecule has 0 aromatic rings. The second-order valence-corrected chi connectivity index (χ2v) is 6.16. The molecule has 0 aliphatic carbocycles. The Morgan fingerprint density at radius 3 is 2.43 bits per heavy atom. The summed E-state index contributed by atoms with van der Waals surface area (Å²) in [5.41, 5.74) is 0. The number of carbonyl (C=O) groups is 3. The molecule has 2 aliphatic rings. The molecule has 23 heavy (non-hydrogen) atoms. The summed E-state index contributed by atoms with van der Waals surface area (Å²) < 4.78 is 37.4. The molecule has 0 aromatic heterocycles. The van der Waals surface area contributed by atoms with Crippen LogP contribution >= 0.6 is 0 Å². The second kappa shape index (κ2) is 6.32. The minimum Gasteiger partial charge on any atom is -0.434 e. The summed E-state index contributed by atoms with van der Waals surface area (Å²) in [6.07, 6.45) is -2.29. The van der Waals surface area contributed by atoms with Crippen LogP contribution in [0.5, 0.6) is 0 Å². The fourth-order valence-corrected chi connectivity index (χ4v) is 3.13. The summed E-state index contributed by atoms with van der Waals surface area (Å²) in [4.78, 5) is 35.0. The average Bonchev–Trinajstić information content (AvgIpc) is 2.70. The zero-order valence-electron chi connectivity index (χ0n) is 11.7. The molecule has 1 unspecified atom stereocenters. The van der Waals surface area contributed by atoms with Crippen molar-refractivity contribution in [1.82, 2.24) is 4.31 Å². The fraction of sp³-hybridized carbons (Fsp3) is 0.545. The lowest BCUT2D eigenvalue weighted by Gasteiger charge is -2.16. The molecule has 0 saturated carbocycles. The number of hydrogen-bond acceptors (Lipinski definition) is 10. The number of carbonyl (C=O) groups excluding carboxylic acids is 3. The van der Waals surface area contributed by atoms with Gasteiger partial charge in [0.2, 0.25) is 17.7 Å². The molecular formula is C11H13N3O8S. The third-order valence-electron chi connectivity index (χ3n) is 3.10. The highest BCUT2D eigenvalue weighted by molar-refractivity contribution is 7.86. The summed E-state index contributed by atoms with van der Waals surface area (Å²) in [6, 6.07) is 0. The SMILES string of the molecule is N=C1CCC(=N)OS(=O)(=O)N2C(=O)CC(CCOC(=O)O1)C2=O. The van der Waals surface area contributed by atoms with Crippen molar-refractivity contribution in [3.8, 4) is 0 Å². The molecule has 2 bridgehead atoms. The van der Waals surface area contributed by atoms with Gasteiger partial charge < -0.3 is 13.7 Å². The Hall–Kier alpha value is -2.50. The van der Waals surface area contributed by atoms with Crippen LogP contribution in [0.1, 0.15) is 25.7 Å². The Morgan fingerprint density at radius 1 is 1.09 bits per heavy atom. The van der Waals surface area contributed by atoms with Gasteiger partial charge in [-0.3, -0.25) is 20.4 Å². The highest BCUT2D eigenvalue weighted by atomic mass is 32.2. The first-order chi connectivity index (χ1) is 10.7. The molecule has 2 saturated heterocycles. The van der Waals surface area contributed by atoms with E-state index < -0.39 is 46.0 Å². The van der Waals surface area contributed by atoms with Gasteiger partial charge in [0, 0.05) is 19.3 Å². The van der Waals surface area contributed by atoms with Gasteiger partial charge in [0.1, 0.15) is 0 Å². The Labute approximate surface area is 130 Å². The van der Waals surface area contributed by atoms with Crippen LogP contribution in [0.25, 0.3) is 0 Å². The van der Waals surface area contributed by atoms with Gasteiger partial charge in [-0.2, -0.15) is 8.42 Å². The smallest absolute Gasteiger partial charge is 0.434 e. The summed E-state index contributed by atoms with van der Waals surface area (Å²) >= 11 is 0. The standard InChI is InChI=1S/C11H13N3O8S/c12-7-1-2-8(13)22-23(18,19)14-9(15)5-6(10(14)16)3-4-20-11(17)21-7/h6,12-13H,1-5H2. The first kappa shape index (κ1) is 16.9. The molecule has 0 radical (unpaired) electrons. The van der Waals surface area contributed by atoms with Gasteiger partial charge in [-0.05, 0) is 6.42 Å². The van der Waals surface area contributed by atoms with Crippen molar-refractivity contribution >= 4 is 40.1 Å². The summed E-state index contributed by atoms with van der Waals surface area (Å²) in [5, 5.41) is 14.8.